The van der Waals surface area contributed by atoms with E-state index in [0.29, 0.717) is 34.8 Å². The number of hydrogen-bond acceptors (Lipinski definition) is 7. The average Bonchev–Trinajstić information content (AvgIpc) is 3.32. The minimum absolute atomic E-state index is 0.0686. The van der Waals surface area contributed by atoms with Gasteiger partial charge >= 0.3 is 6.18 Å². The Hall–Kier alpha value is -2.80. The molecule has 4 rings (SSSR count). The molecule has 0 spiro atoms. The van der Waals surface area contributed by atoms with E-state index in [9.17, 15) is 18.0 Å². The normalized spacial score (nSPS) is 17.0. The number of halogens is 4. The number of likely N-dealkylation sites (tertiary alicyclic amines) is 1. The number of hydrogen-bond donors (Lipinski definition) is 2. The number of alkyl halides is 3. The Labute approximate surface area is 189 Å². The molecule has 1 atom stereocenters. The van der Waals surface area contributed by atoms with Crippen LogP contribution in [0.4, 0.5) is 24.8 Å². The summed E-state index contributed by atoms with van der Waals surface area (Å²) < 4.78 is 38.5. The van der Waals surface area contributed by atoms with Gasteiger partial charge in [0.2, 0.25) is 11.9 Å². The maximum absolute atomic E-state index is 12.6. The fourth-order valence-corrected chi connectivity index (χ4v) is 4.93. The van der Waals surface area contributed by atoms with Gasteiger partial charge in [-0.1, -0.05) is 18.2 Å². The smallest absolute Gasteiger partial charge is 0.338 e. The Morgan fingerprint density at radius 3 is 3.00 bits per heavy atom. The number of rotatable bonds is 6. The lowest BCUT2D eigenvalue weighted by Gasteiger charge is -2.31. The second-order valence-corrected chi connectivity index (χ2v) is 8.79. The first kappa shape index (κ1) is 22.4. The third kappa shape index (κ3) is 5.15. The van der Waals surface area contributed by atoms with E-state index in [2.05, 4.69) is 37.2 Å². The average molecular weight is 487 g/mol. The summed E-state index contributed by atoms with van der Waals surface area (Å²) in [5.74, 6) is 0.0206. The summed E-state index contributed by atoms with van der Waals surface area (Å²) in [6.07, 6.45) is 1.10. The molecule has 1 fully saturated rings. The highest BCUT2D eigenvalue weighted by Gasteiger charge is 2.29. The molecule has 0 saturated carbocycles. The first-order chi connectivity index (χ1) is 15.2. The standard InChI is InChI=1S/C18H18ClF3N8OS/c1-2-12(31)29-5-3-4-11(8-29)32-16-13-14(19)27-28-15(13)25-17(26-16)24-10-6-23-30(7-10)9-18(20,21)22/h2,6-7,11H,1,3-5,8-9H2,(H2,24,25,26,27,28). The molecule has 0 bridgehead atoms. The van der Waals surface area contributed by atoms with Gasteiger partial charge in [-0.25, -0.2) is 4.98 Å². The van der Waals surface area contributed by atoms with Gasteiger partial charge in [-0.05, 0) is 18.9 Å². The molecule has 4 heterocycles. The number of nitrogens with zero attached hydrogens (tertiary/aromatic N) is 6. The van der Waals surface area contributed by atoms with Crippen LogP contribution in [0.15, 0.2) is 30.1 Å². The summed E-state index contributed by atoms with van der Waals surface area (Å²) in [5.41, 5.74) is 0.610. The number of anilines is 2. The fraction of sp³-hybridized carbons (Fsp3) is 0.389. The molecular weight excluding hydrogens is 469 g/mol. The van der Waals surface area contributed by atoms with Gasteiger partial charge in [0.05, 0.1) is 17.3 Å². The predicted molar refractivity (Wildman–Crippen MR) is 114 cm³/mol. The number of piperidine rings is 1. The lowest BCUT2D eigenvalue weighted by atomic mass is 10.1. The maximum Gasteiger partial charge on any atom is 0.408 e. The number of aromatic amines is 1. The highest BCUT2D eigenvalue weighted by Crippen LogP contribution is 2.36. The first-order valence-corrected chi connectivity index (χ1v) is 10.8. The van der Waals surface area contributed by atoms with Gasteiger partial charge in [-0.2, -0.15) is 28.4 Å². The van der Waals surface area contributed by atoms with Crippen molar-refractivity contribution in [1.82, 2.24) is 34.8 Å². The zero-order valence-corrected chi connectivity index (χ0v) is 18.1. The molecule has 1 unspecified atom stereocenters. The zero-order chi connectivity index (χ0) is 22.9. The van der Waals surface area contributed by atoms with E-state index < -0.39 is 12.7 Å². The molecular formula is C18H18ClF3N8OS. The molecule has 3 aromatic heterocycles. The third-order valence-electron chi connectivity index (χ3n) is 4.71. The monoisotopic (exact) mass is 486 g/mol. The number of amides is 1. The van der Waals surface area contributed by atoms with E-state index >= 15 is 0 Å². The molecule has 0 radical (unpaired) electrons. The number of nitrogens with one attached hydrogen (secondary N) is 2. The summed E-state index contributed by atoms with van der Waals surface area (Å²) in [6.45, 7) is 3.54. The minimum atomic E-state index is -4.38. The summed E-state index contributed by atoms with van der Waals surface area (Å²) in [5, 5.41) is 14.7. The summed E-state index contributed by atoms with van der Waals surface area (Å²) in [4.78, 5) is 22.5. The van der Waals surface area contributed by atoms with Crippen LogP contribution < -0.4 is 5.32 Å². The van der Waals surface area contributed by atoms with Crippen LogP contribution in [0.5, 0.6) is 0 Å². The second kappa shape index (κ2) is 8.98. The first-order valence-electron chi connectivity index (χ1n) is 9.57. The quantitative estimate of drug-likeness (QED) is 0.403. The molecule has 1 saturated heterocycles. The summed E-state index contributed by atoms with van der Waals surface area (Å²) in [7, 11) is 0. The fourth-order valence-electron chi connectivity index (χ4n) is 3.35. The maximum atomic E-state index is 12.6. The minimum Gasteiger partial charge on any atom is -0.338 e. The van der Waals surface area contributed by atoms with E-state index in [4.69, 9.17) is 11.6 Å². The van der Waals surface area contributed by atoms with Crippen LogP contribution in [0, 0.1) is 0 Å². The number of carbonyl (C=O) groups excluding carboxylic acids is 1. The van der Waals surface area contributed by atoms with Crippen LogP contribution in [0.3, 0.4) is 0 Å². The van der Waals surface area contributed by atoms with Gasteiger partial charge in [0, 0.05) is 24.5 Å². The molecule has 3 aromatic rings. The van der Waals surface area contributed by atoms with E-state index in [1.807, 2.05) is 0 Å². The highest BCUT2D eigenvalue weighted by atomic mass is 35.5. The molecule has 2 N–H and O–H groups in total. The van der Waals surface area contributed by atoms with E-state index in [0.717, 1.165) is 17.5 Å². The third-order valence-corrected chi connectivity index (χ3v) is 6.22. The lowest BCUT2D eigenvalue weighted by molar-refractivity contribution is -0.142. The highest BCUT2D eigenvalue weighted by molar-refractivity contribution is 8.00. The Kier molecular flexibility index (Phi) is 6.29. The van der Waals surface area contributed by atoms with Crippen LogP contribution in [0.2, 0.25) is 5.15 Å². The van der Waals surface area contributed by atoms with Crippen molar-refractivity contribution in [3.63, 3.8) is 0 Å². The van der Waals surface area contributed by atoms with Gasteiger partial charge in [0.15, 0.2) is 5.65 Å². The molecule has 0 aromatic carbocycles. The van der Waals surface area contributed by atoms with Crippen LogP contribution >= 0.6 is 23.4 Å². The summed E-state index contributed by atoms with van der Waals surface area (Å²) >= 11 is 7.69. The number of H-pyrrole nitrogens is 1. The van der Waals surface area contributed by atoms with Gasteiger partial charge in [0.25, 0.3) is 0 Å². The van der Waals surface area contributed by atoms with Crippen molar-refractivity contribution in [3.8, 4) is 0 Å². The molecule has 9 nitrogen and oxygen atoms in total. The molecule has 32 heavy (non-hydrogen) atoms. The second-order valence-electron chi connectivity index (χ2n) is 7.13. The largest absolute Gasteiger partial charge is 0.408 e. The SMILES string of the molecule is C=CC(=O)N1CCCC(Sc2nc(Nc3cnn(CC(F)(F)F)c3)nc3n[nH]c(Cl)c23)C1. The van der Waals surface area contributed by atoms with Crippen LogP contribution in [-0.2, 0) is 11.3 Å². The van der Waals surface area contributed by atoms with E-state index in [-0.39, 0.29) is 22.3 Å². The number of fused-ring (bicyclic) bond motifs is 1. The van der Waals surface area contributed by atoms with Crippen molar-refractivity contribution in [2.24, 2.45) is 0 Å². The topological polar surface area (TPSA) is 105 Å². The van der Waals surface area contributed by atoms with E-state index in [1.165, 1.54) is 30.2 Å². The van der Waals surface area contributed by atoms with Gasteiger partial charge in [0.1, 0.15) is 16.7 Å². The molecule has 1 aliphatic heterocycles. The van der Waals surface area contributed by atoms with Crippen LogP contribution in [-0.4, -0.2) is 65.3 Å². The molecule has 170 valence electrons. The van der Waals surface area contributed by atoms with Gasteiger partial charge in [-0.15, -0.1) is 11.8 Å². The number of thioether (sulfide) groups is 1. The van der Waals surface area contributed by atoms with E-state index in [1.54, 1.807) is 4.90 Å². The number of aromatic nitrogens is 6. The Morgan fingerprint density at radius 1 is 1.44 bits per heavy atom. The Morgan fingerprint density at radius 2 is 2.25 bits per heavy atom. The lowest BCUT2D eigenvalue weighted by Crippen LogP contribution is -2.40. The molecule has 1 aliphatic rings. The van der Waals surface area contributed by atoms with Gasteiger partial charge < -0.3 is 10.2 Å². The Bertz CT molecular complexity index is 1150. The van der Waals surface area contributed by atoms with Crippen molar-refractivity contribution in [2.45, 2.75) is 35.8 Å². The molecule has 1 amide bonds. The van der Waals surface area contributed by atoms with Crippen molar-refractivity contribution in [3.05, 3.63) is 30.2 Å². The van der Waals surface area contributed by atoms with Crippen molar-refractivity contribution in [1.29, 1.82) is 0 Å². The van der Waals surface area contributed by atoms with Crippen LogP contribution in [0.25, 0.3) is 11.0 Å². The molecule has 0 aliphatic carbocycles. The molecule has 14 heteroatoms. The Balaban J connectivity index is 1.57. The predicted octanol–water partition coefficient (Wildman–Crippen LogP) is 3.78. The van der Waals surface area contributed by atoms with Crippen LogP contribution in [0.1, 0.15) is 12.8 Å². The van der Waals surface area contributed by atoms with Crippen molar-refractivity contribution >= 4 is 51.9 Å². The van der Waals surface area contributed by atoms with Gasteiger partial charge in [-0.3, -0.25) is 14.6 Å². The number of carbonyl (C=O) groups is 1. The zero-order valence-electron chi connectivity index (χ0n) is 16.6. The van der Waals surface area contributed by atoms with Crippen molar-refractivity contribution in [2.75, 3.05) is 18.4 Å². The summed E-state index contributed by atoms with van der Waals surface area (Å²) in [6, 6.07) is 0. The van der Waals surface area contributed by atoms with Crippen molar-refractivity contribution < 1.29 is 18.0 Å².